The molecule has 138 valence electrons. The Labute approximate surface area is 154 Å². The van der Waals surface area contributed by atoms with Crippen molar-refractivity contribution in [1.82, 2.24) is 19.7 Å². The molecule has 0 radical (unpaired) electrons. The number of hydrogen-bond acceptors (Lipinski definition) is 4. The zero-order valence-corrected chi connectivity index (χ0v) is 14.3. The van der Waals surface area contributed by atoms with Gasteiger partial charge in [-0.25, -0.2) is 8.78 Å². The van der Waals surface area contributed by atoms with E-state index in [0.717, 1.165) is 11.9 Å². The molecule has 3 heterocycles. The first-order valence-corrected chi connectivity index (χ1v) is 8.42. The van der Waals surface area contributed by atoms with Crippen molar-refractivity contribution in [1.29, 1.82) is 0 Å². The van der Waals surface area contributed by atoms with Gasteiger partial charge < -0.3 is 9.64 Å². The lowest BCUT2D eigenvalue weighted by Gasteiger charge is -2.27. The summed E-state index contributed by atoms with van der Waals surface area (Å²) in [7, 11) is 0. The minimum atomic E-state index is -0.542. The van der Waals surface area contributed by atoms with Gasteiger partial charge in [0.05, 0.1) is 30.5 Å². The first kappa shape index (κ1) is 17.1. The molecular formula is C19H16F2N4O2. The largest absolute Gasteiger partial charge is 0.487 e. The fourth-order valence-electron chi connectivity index (χ4n) is 3.00. The highest BCUT2D eigenvalue weighted by Gasteiger charge is 2.23. The third kappa shape index (κ3) is 3.79. The molecule has 6 nitrogen and oxygen atoms in total. The van der Waals surface area contributed by atoms with Gasteiger partial charge in [-0.05, 0) is 24.3 Å². The van der Waals surface area contributed by atoms with Crippen LogP contribution in [0.15, 0.2) is 48.8 Å². The number of carbonyl (C=O) groups is 1. The Balaban J connectivity index is 1.43. The van der Waals surface area contributed by atoms with Crippen molar-refractivity contribution in [3.8, 4) is 5.75 Å². The van der Waals surface area contributed by atoms with E-state index in [9.17, 15) is 13.6 Å². The topological polar surface area (TPSA) is 60.2 Å². The van der Waals surface area contributed by atoms with Gasteiger partial charge in [-0.2, -0.15) is 5.10 Å². The molecule has 0 saturated carbocycles. The van der Waals surface area contributed by atoms with Crippen molar-refractivity contribution >= 4 is 5.91 Å². The van der Waals surface area contributed by atoms with Crippen LogP contribution in [0.25, 0.3) is 0 Å². The van der Waals surface area contributed by atoms with E-state index in [1.807, 2.05) is 10.7 Å². The average Bonchev–Trinajstić information content (AvgIpc) is 3.08. The second-order valence-electron chi connectivity index (χ2n) is 6.21. The number of carbonyl (C=O) groups excluding carboxylic acids is 1. The molecule has 1 aromatic carbocycles. The van der Waals surface area contributed by atoms with Crippen molar-refractivity contribution in [2.75, 3.05) is 6.54 Å². The number of pyridine rings is 1. The second-order valence-corrected chi connectivity index (χ2v) is 6.21. The number of aromatic nitrogens is 3. The molecule has 0 atom stereocenters. The quantitative estimate of drug-likeness (QED) is 0.709. The van der Waals surface area contributed by atoms with E-state index in [2.05, 4.69) is 10.1 Å². The molecule has 0 fully saturated rings. The Bertz CT molecular complexity index is 989. The van der Waals surface area contributed by atoms with Crippen molar-refractivity contribution in [3.05, 3.63) is 77.4 Å². The number of nitrogens with zero attached hydrogens (tertiary/aromatic N) is 4. The molecule has 1 amide bonds. The zero-order valence-electron chi connectivity index (χ0n) is 14.3. The van der Waals surface area contributed by atoms with Gasteiger partial charge >= 0.3 is 0 Å². The first-order chi connectivity index (χ1) is 13.1. The molecular weight excluding hydrogens is 354 g/mol. The van der Waals surface area contributed by atoms with Crippen LogP contribution >= 0.6 is 0 Å². The van der Waals surface area contributed by atoms with Gasteiger partial charge in [-0.3, -0.25) is 14.5 Å². The smallest absolute Gasteiger partial charge is 0.255 e. The van der Waals surface area contributed by atoms with Crippen LogP contribution in [0.5, 0.6) is 5.75 Å². The molecule has 4 rings (SSSR count). The molecule has 0 N–H and O–H groups in total. The van der Waals surface area contributed by atoms with Crippen molar-refractivity contribution in [2.24, 2.45) is 0 Å². The van der Waals surface area contributed by atoms with Gasteiger partial charge in [0.2, 0.25) is 0 Å². The fourth-order valence-corrected chi connectivity index (χ4v) is 3.00. The minimum absolute atomic E-state index is 0.200. The predicted molar refractivity (Wildman–Crippen MR) is 91.9 cm³/mol. The van der Waals surface area contributed by atoms with E-state index in [4.69, 9.17) is 4.74 Å². The Morgan fingerprint density at radius 2 is 2.00 bits per heavy atom. The lowest BCUT2D eigenvalue weighted by molar-refractivity contribution is 0.0705. The summed E-state index contributed by atoms with van der Waals surface area (Å²) >= 11 is 0. The molecule has 0 spiro atoms. The number of benzene rings is 1. The molecule has 1 aliphatic heterocycles. The van der Waals surface area contributed by atoms with E-state index in [1.54, 1.807) is 17.0 Å². The lowest BCUT2D eigenvalue weighted by Crippen LogP contribution is -2.38. The first-order valence-electron chi connectivity index (χ1n) is 8.42. The van der Waals surface area contributed by atoms with E-state index < -0.39 is 5.82 Å². The summed E-state index contributed by atoms with van der Waals surface area (Å²) in [5.74, 6) is -0.749. The van der Waals surface area contributed by atoms with Crippen molar-refractivity contribution in [2.45, 2.75) is 19.7 Å². The number of amides is 1. The SMILES string of the molecule is O=C(c1cncc(F)c1)N1CCn2nc(COc3cccc(F)c3)cc2C1. The maximum atomic E-state index is 13.3. The molecule has 1 aliphatic rings. The minimum Gasteiger partial charge on any atom is -0.487 e. The van der Waals surface area contributed by atoms with Crippen LogP contribution in [0.3, 0.4) is 0 Å². The molecule has 8 heteroatoms. The van der Waals surface area contributed by atoms with E-state index in [1.165, 1.54) is 24.4 Å². The fraction of sp³-hybridized carbons (Fsp3) is 0.211. The number of rotatable bonds is 4. The average molecular weight is 370 g/mol. The Morgan fingerprint density at radius 3 is 2.81 bits per heavy atom. The molecule has 27 heavy (non-hydrogen) atoms. The van der Waals surface area contributed by atoms with Crippen LogP contribution in [-0.4, -0.2) is 32.1 Å². The Hall–Kier alpha value is -3.29. The van der Waals surface area contributed by atoms with E-state index in [-0.39, 0.29) is 23.9 Å². The summed E-state index contributed by atoms with van der Waals surface area (Å²) in [5, 5.41) is 4.46. The van der Waals surface area contributed by atoms with Gasteiger partial charge in [0.25, 0.3) is 5.91 Å². The van der Waals surface area contributed by atoms with Gasteiger partial charge in [-0.1, -0.05) is 6.07 Å². The highest BCUT2D eigenvalue weighted by atomic mass is 19.1. The lowest BCUT2D eigenvalue weighted by atomic mass is 10.2. The van der Waals surface area contributed by atoms with Crippen LogP contribution in [-0.2, 0) is 19.7 Å². The predicted octanol–water partition coefficient (Wildman–Crippen LogP) is 2.79. The molecule has 3 aromatic rings. The Morgan fingerprint density at radius 1 is 1.11 bits per heavy atom. The molecule has 0 aliphatic carbocycles. The summed E-state index contributed by atoms with van der Waals surface area (Å²) in [5.41, 5.74) is 1.77. The Kier molecular flexibility index (Phi) is 4.53. The number of halogens is 2. The van der Waals surface area contributed by atoms with Gasteiger partial charge in [0.15, 0.2) is 0 Å². The third-order valence-corrected chi connectivity index (χ3v) is 4.27. The van der Waals surface area contributed by atoms with Crippen LogP contribution in [0.1, 0.15) is 21.7 Å². The number of ether oxygens (including phenoxy) is 1. The number of hydrogen-bond donors (Lipinski definition) is 0. The summed E-state index contributed by atoms with van der Waals surface area (Å²) in [6.07, 6.45) is 2.42. The van der Waals surface area contributed by atoms with Gasteiger partial charge in [0, 0.05) is 18.8 Å². The van der Waals surface area contributed by atoms with Crippen LogP contribution in [0, 0.1) is 11.6 Å². The van der Waals surface area contributed by atoms with E-state index >= 15 is 0 Å². The molecule has 0 bridgehead atoms. The van der Waals surface area contributed by atoms with Crippen molar-refractivity contribution in [3.63, 3.8) is 0 Å². The molecule has 0 saturated heterocycles. The maximum Gasteiger partial charge on any atom is 0.255 e. The summed E-state index contributed by atoms with van der Waals surface area (Å²) in [4.78, 5) is 17.9. The van der Waals surface area contributed by atoms with Crippen molar-refractivity contribution < 1.29 is 18.3 Å². The highest BCUT2D eigenvalue weighted by Crippen LogP contribution is 2.18. The van der Waals surface area contributed by atoms with Crippen LogP contribution in [0.4, 0.5) is 8.78 Å². The number of fused-ring (bicyclic) bond motifs is 1. The van der Waals surface area contributed by atoms with Crippen LogP contribution < -0.4 is 4.74 Å². The summed E-state index contributed by atoms with van der Waals surface area (Å²) in [6.45, 7) is 1.56. The highest BCUT2D eigenvalue weighted by molar-refractivity contribution is 5.93. The zero-order chi connectivity index (χ0) is 18.8. The van der Waals surface area contributed by atoms with Crippen LogP contribution in [0.2, 0.25) is 0 Å². The van der Waals surface area contributed by atoms with Gasteiger partial charge in [-0.15, -0.1) is 0 Å². The second kappa shape index (κ2) is 7.14. The normalized spacial score (nSPS) is 13.3. The summed E-state index contributed by atoms with van der Waals surface area (Å²) < 4.78 is 33.9. The molecule has 2 aromatic heterocycles. The molecule has 0 unspecified atom stereocenters. The van der Waals surface area contributed by atoms with E-state index in [0.29, 0.717) is 31.1 Å². The summed E-state index contributed by atoms with van der Waals surface area (Å²) in [6, 6.07) is 8.94. The maximum absolute atomic E-state index is 13.3. The standard InChI is InChI=1S/C19H16F2N4O2/c20-14-2-1-3-18(7-14)27-12-16-8-17-11-24(4-5-25(17)23-16)19(26)13-6-15(21)10-22-9-13/h1-3,6-10H,4-5,11-12H2. The van der Waals surface area contributed by atoms with Gasteiger partial charge in [0.1, 0.15) is 29.7 Å². The third-order valence-electron chi connectivity index (χ3n) is 4.27. The monoisotopic (exact) mass is 370 g/mol.